The summed E-state index contributed by atoms with van der Waals surface area (Å²) >= 11 is 0. The van der Waals surface area contributed by atoms with E-state index in [0.717, 1.165) is 38.8 Å². The summed E-state index contributed by atoms with van der Waals surface area (Å²) in [6.07, 6.45) is -0.521. The maximum absolute atomic E-state index is 12.2. The van der Waals surface area contributed by atoms with Gasteiger partial charge in [0.25, 0.3) is 0 Å². The van der Waals surface area contributed by atoms with Crippen LogP contribution in [0.25, 0.3) is 0 Å². The van der Waals surface area contributed by atoms with Gasteiger partial charge in [-0.05, 0) is 39.4 Å². The Bertz CT molecular complexity index is 194. The van der Waals surface area contributed by atoms with E-state index in [0.29, 0.717) is 6.04 Å². The van der Waals surface area contributed by atoms with E-state index in [-0.39, 0.29) is 6.54 Å². The van der Waals surface area contributed by atoms with Crippen molar-refractivity contribution >= 4 is 0 Å². The van der Waals surface area contributed by atoms with Crippen molar-refractivity contribution in [3.8, 4) is 0 Å². The van der Waals surface area contributed by atoms with Crippen molar-refractivity contribution < 1.29 is 13.2 Å². The van der Waals surface area contributed by atoms with Crippen LogP contribution in [0.1, 0.15) is 32.1 Å². The van der Waals surface area contributed by atoms with Crippen molar-refractivity contribution in [1.29, 1.82) is 0 Å². The standard InChI is InChI=1S/C11H21F3N2/c1-15-7-5-10-4-2-3-8-16(10)9-6-11(12,13)14/h10,15H,2-9H2,1H3. The molecule has 0 bridgehead atoms. The third-order valence-corrected chi connectivity index (χ3v) is 3.16. The molecule has 1 fully saturated rings. The number of likely N-dealkylation sites (tertiary alicyclic amines) is 1. The number of nitrogens with zero attached hydrogens (tertiary/aromatic N) is 1. The summed E-state index contributed by atoms with van der Waals surface area (Å²) in [6, 6.07) is 0.337. The molecule has 1 rings (SSSR count). The molecule has 0 radical (unpaired) electrons. The number of nitrogens with one attached hydrogen (secondary N) is 1. The van der Waals surface area contributed by atoms with Crippen molar-refractivity contribution in [2.24, 2.45) is 0 Å². The minimum absolute atomic E-state index is 0.165. The van der Waals surface area contributed by atoms with Crippen LogP contribution in [0.15, 0.2) is 0 Å². The van der Waals surface area contributed by atoms with Crippen LogP contribution < -0.4 is 5.32 Å². The Hall–Kier alpha value is -0.290. The molecule has 1 aliphatic rings. The fourth-order valence-electron chi connectivity index (χ4n) is 2.26. The van der Waals surface area contributed by atoms with Gasteiger partial charge in [-0.3, -0.25) is 0 Å². The Morgan fingerprint density at radius 2 is 2.06 bits per heavy atom. The van der Waals surface area contributed by atoms with Crippen LogP contribution >= 0.6 is 0 Å². The molecule has 0 aromatic heterocycles. The van der Waals surface area contributed by atoms with Crippen LogP contribution in [0, 0.1) is 0 Å². The summed E-state index contributed by atoms with van der Waals surface area (Å²) in [7, 11) is 1.88. The van der Waals surface area contributed by atoms with Gasteiger partial charge in [0.2, 0.25) is 0 Å². The SMILES string of the molecule is CNCCC1CCCCN1CCC(F)(F)F. The van der Waals surface area contributed by atoms with Crippen molar-refractivity contribution in [2.75, 3.05) is 26.7 Å². The predicted octanol–water partition coefficient (Wildman–Crippen LogP) is 2.40. The lowest BCUT2D eigenvalue weighted by molar-refractivity contribution is -0.139. The lowest BCUT2D eigenvalue weighted by Gasteiger charge is -2.36. The third kappa shape index (κ3) is 5.16. The predicted molar refractivity (Wildman–Crippen MR) is 58.4 cm³/mol. The van der Waals surface area contributed by atoms with E-state index in [1.165, 1.54) is 0 Å². The van der Waals surface area contributed by atoms with Crippen LogP contribution in [0.3, 0.4) is 0 Å². The molecule has 1 atom stereocenters. The van der Waals surface area contributed by atoms with Gasteiger partial charge in [-0.1, -0.05) is 6.42 Å². The molecule has 0 aliphatic carbocycles. The van der Waals surface area contributed by atoms with E-state index in [2.05, 4.69) is 5.32 Å². The minimum atomic E-state index is -4.02. The van der Waals surface area contributed by atoms with Crippen molar-refractivity contribution in [2.45, 2.75) is 44.3 Å². The van der Waals surface area contributed by atoms with Gasteiger partial charge < -0.3 is 10.2 Å². The Labute approximate surface area is 95.2 Å². The number of hydrogen-bond donors (Lipinski definition) is 1. The molecule has 0 spiro atoms. The smallest absolute Gasteiger partial charge is 0.320 e. The molecule has 1 N–H and O–H groups in total. The molecule has 1 heterocycles. The highest BCUT2D eigenvalue weighted by Crippen LogP contribution is 2.24. The molecule has 0 aromatic carbocycles. The highest BCUT2D eigenvalue weighted by atomic mass is 19.4. The van der Waals surface area contributed by atoms with Gasteiger partial charge in [-0.2, -0.15) is 13.2 Å². The first-order valence-corrected chi connectivity index (χ1v) is 5.98. The van der Waals surface area contributed by atoms with Crippen molar-refractivity contribution in [3.05, 3.63) is 0 Å². The Balaban J connectivity index is 2.34. The van der Waals surface area contributed by atoms with Gasteiger partial charge in [-0.15, -0.1) is 0 Å². The number of hydrogen-bond acceptors (Lipinski definition) is 2. The highest BCUT2D eigenvalue weighted by molar-refractivity contribution is 4.78. The molecule has 0 saturated carbocycles. The summed E-state index contributed by atoms with van der Waals surface area (Å²) < 4.78 is 36.5. The summed E-state index contributed by atoms with van der Waals surface area (Å²) in [5.41, 5.74) is 0. The molecule has 5 heteroatoms. The van der Waals surface area contributed by atoms with Gasteiger partial charge >= 0.3 is 6.18 Å². The van der Waals surface area contributed by atoms with E-state index in [1.807, 2.05) is 11.9 Å². The van der Waals surface area contributed by atoms with Crippen molar-refractivity contribution in [3.63, 3.8) is 0 Å². The number of rotatable bonds is 5. The van der Waals surface area contributed by atoms with Crippen LogP contribution in [-0.2, 0) is 0 Å². The van der Waals surface area contributed by atoms with Gasteiger partial charge in [0.05, 0.1) is 6.42 Å². The molecule has 0 amide bonds. The van der Waals surface area contributed by atoms with E-state index >= 15 is 0 Å². The van der Waals surface area contributed by atoms with Gasteiger partial charge in [0.1, 0.15) is 0 Å². The van der Waals surface area contributed by atoms with Crippen LogP contribution in [0.5, 0.6) is 0 Å². The second-order valence-corrected chi connectivity index (χ2v) is 4.44. The first-order valence-electron chi connectivity index (χ1n) is 5.98. The molecular weight excluding hydrogens is 217 g/mol. The first kappa shape index (κ1) is 13.8. The summed E-state index contributed by atoms with van der Waals surface area (Å²) in [5, 5.41) is 3.06. The van der Waals surface area contributed by atoms with Gasteiger partial charge in [-0.25, -0.2) is 0 Å². The molecule has 0 aromatic rings. The fourth-order valence-corrected chi connectivity index (χ4v) is 2.26. The quantitative estimate of drug-likeness (QED) is 0.791. The Morgan fingerprint density at radius 3 is 2.69 bits per heavy atom. The molecule has 1 saturated heterocycles. The van der Waals surface area contributed by atoms with Crippen LogP contribution in [0.4, 0.5) is 13.2 Å². The highest BCUT2D eigenvalue weighted by Gasteiger charge is 2.30. The third-order valence-electron chi connectivity index (χ3n) is 3.16. The maximum atomic E-state index is 12.2. The summed E-state index contributed by atoms with van der Waals surface area (Å²) in [5.74, 6) is 0. The molecular formula is C11H21F3N2. The molecule has 16 heavy (non-hydrogen) atoms. The van der Waals surface area contributed by atoms with Crippen LogP contribution in [-0.4, -0.2) is 43.8 Å². The maximum Gasteiger partial charge on any atom is 0.390 e. The van der Waals surface area contributed by atoms with E-state index in [4.69, 9.17) is 0 Å². The largest absolute Gasteiger partial charge is 0.390 e. The Morgan fingerprint density at radius 1 is 1.31 bits per heavy atom. The number of alkyl halides is 3. The van der Waals surface area contributed by atoms with Crippen LogP contribution in [0.2, 0.25) is 0 Å². The fraction of sp³-hybridized carbons (Fsp3) is 1.00. The van der Waals surface area contributed by atoms with Crippen molar-refractivity contribution in [1.82, 2.24) is 10.2 Å². The average Bonchev–Trinajstić information content (AvgIpc) is 2.23. The molecule has 1 unspecified atom stereocenters. The monoisotopic (exact) mass is 238 g/mol. The summed E-state index contributed by atoms with van der Waals surface area (Å²) in [4.78, 5) is 2.01. The lowest BCUT2D eigenvalue weighted by Crippen LogP contribution is -2.42. The minimum Gasteiger partial charge on any atom is -0.320 e. The number of piperidine rings is 1. The van der Waals surface area contributed by atoms with Gasteiger partial charge in [0, 0.05) is 12.6 Å². The zero-order valence-corrected chi connectivity index (χ0v) is 9.82. The average molecular weight is 238 g/mol. The second-order valence-electron chi connectivity index (χ2n) is 4.44. The normalized spacial score (nSPS) is 23.6. The van der Waals surface area contributed by atoms with E-state index < -0.39 is 12.6 Å². The Kier molecular flexibility index (Phi) is 5.55. The zero-order valence-electron chi connectivity index (χ0n) is 9.82. The second kappa shape index (κ2) is 6.45. The molecule has 2 nitrogen and oxygen atoms in total. The van der Waals surface area contributed by atoms with E-state index in [1.54, 1.807) is 0 Å². The zero-order chi connectivity index (χ0) is 12.0. The van der Waals surface area contributed by atoms with Gasteiger partial charge in [0.15, 0.2) is 0 Å². The topological polar surface area (TPSA) is 15.3 Å². The molecule has 96 valence electrons. The number of halogens is 3. The lowest BCUT2D eigenvalue weighted by atomic mass is 9.99. The summed E-state index contributed by atoms with van der Waals surface area (Å²) in [6.45, 7) is 1.87. The molecule has 1 aliphatic heterocycles. The first-order chi connectivity index (χ1) is 7.53. The van der Waals surface area contributed by atoms with E-state index in [9.17, 15) is 13.2 Å².